The molecule has 82 valence electrons. The fraction of sp³-hybridized carbons (Fsp3) is 1.00. The minimum atomic E-state index is 0.603. The topological polar surface area (TPSA) is 12.0 Å². The lowest BCUT2D eigenvalue weighted by Crippen LogP contribution is -2.35. The SMILES string of the molecule is CC1(C)CCCC1CNC1CCCC1. The highest BCUT2D eigenvalue weighted by atomic mass is 14.9. The van der Waals surface area contributed by atoms with Crippen LogP contribution >= 0.6 is 0 Å². The Kier molecular flexibility index (Phi) is 3.16. The summed E-state index contributed by atoms with van der Waals surface area (Å²) in [5, 5.41) is 3.78. The molecule has 0 aromatic carbocycles. The van der Waals surface area contributed by atoms with Gasteiger partial charge in [0.15, 0.2) is 0 Å². The van der Waals surface area contributed by atoms with E-state index in [4.69, 9.17) is 0 Å². The molecule has 0 aromatic rings. The van der Waals surface area contributed by atoms with E-state index < -0.39 is 0 Å². The summed E-state index contributed by atoms with van der Waals surface area (Å²) in [6.07, 6.45) is 10.1. The van der Waals surface area contributed by atoms with Crippen LogP contribution in [0.3, 0.4) is 0 Å². The molecule has 0 aliphatic heterocycles. The average Bonchev–Trinajstić information content (AvgIpc) is 2.71. The van der Waals surface area contributed by atoms with E-state index in [2.05, 4.69) is 19.2 Å². The Hall–Kier alpha value is -0.0400. The van der Waals surface area contributed by atoms with Crippen LogP contribution in [0.5, 0.6) is 0 Å². The molecule has 1 heteroatoms. The molecule has 1 nitrogen and oxygen atoms in total. The van der Waals surface area contributed by atoms with Crippen molar-refractivity contribution < 1.29 is 0 Å². The fourth-order valence-corrected chi connectivity index (χ4v) is 3.22. The number of hydrogen-bond acceptors (Lipinski definition) is 1. The highest BCUT2D eigenvalue weighted by molar-refractivity contribution is 4.87. The number of hydrogen-bond donors (Lipinski definition) is 1. The Balaban J connectivity index is 1.74. The summed E-state index contributed by atoms with van der Waals surface area (Å²) in [5.74, 6) is 0.933. The Bertz CT molecular complexity index is 180. The van der Waals surface area contributed by atoms with E-state index in [-0.39, 0.29) is 0 Å². The summed E-state index contributed by atoms with van der Waals surface area (Å²) in [6, 6.07) is 0.853. The Morgan fingerprint density at radius 2 is 1.79 bits per heavy atom. The normalized spacial score (nSPS) is 32.6. The van der Waals surface area contributed by atoms with E-state index in [1.54, 1.807) is 0 Å². The first-order valence-electron chi connectivity index (χ1n) is 6.42. The molecule has 2 aliphatic rings. The average molecular weight is 195 g/mol. The predicted molar refractivity (Wildman–Crippen MR) is 61.4 cm³/mol. The molecule has 0 heterocycles. The van der Waals surface area contributed by atoms with E-state index in [0.717, 1.165) is 12.0 Å². The fourth-order valence-electron chi connectivity index (χ4n) is 3.22. The zero-order chi connectivity index (χ0) is 10.0. The van der Waals surface area contributed by atoms with Crippen LogP contribution in [0.25, 0.3) is 0 Å². The molecule has 2 fully saturated rings. The smallest absolute Gasteiger partial charge is 0.00671 e. The van der Waals surface area contributed by atoms with Crippen molar-refractivity contribution in [2.75, 3.05) is 6.54 Å². The van der Waals surface area contributed by atoms with Crippen LogP contribution < -0.4 is 5.32 Å². The van der Waals surface area contributed by atoms with Crippen molar-refractivity contribution in [1.82, 2.24) is 5.32 Å². The highest BCUT2D eigenvalue weighted by Crippen LogP contribution is 2.42. The van der Waals surface area contributed by atoms with Gasteiger partial charge >= 0.3 is 0 Å². The van der Waals surface area contributed by atoms with Crippen molar-refractivity contribution in [3.63, 3.8) is 0 Å². The van der Waals surface area contributed by atoms with Crippen LogP contribution in [-0.2, 0) is 0 Å². The lowest BCUT2D eigenvalue weighted by molar-refractivity contribution is 0.244. The highest BCUT2D eigenvalue weighted by Gasteiger charge is 2.34. The van der Waals surface area contributed by atoms with E-state index in [1.807, 2.05) is 0 Å². The molecule has 0 radical (unpaired) electrons. The molecule has 2 rings (SSSR count). The third kappa shape index (κ3) is 2.31. The molecule has 0 spiro atoms. The van der Waals surface area contributed by atoms with E-state index in [9.17, 15) is 0 Å². The molecule has 2 saturated carbocycles. The van der Waals surface area contributed by atoms with E-state index in [0.29, 0.717) is 5.41 Å². The van der Waals surface area contributed by atoms with Crippen molar-refractivity contribution in [3.8, 4) is 0 Å². The third-order valence-corrected chi connectivity index (χ3v) is 4.49. The third-order valence-electron chi connectivity index (χ3n) is 4.49. The molecular weight excluding hydrogens is 170 g/mol. The maximum Gasteiger partial charge on any atom is 0.00671 e. The van der Waals surface area contributed by atoms with Crippen LogP contribution in [0.2, 0.25) is 0 Å². The summed E-state index contributed by atoms with van der Waals surface area (Å²) in [7, 11) is 0. The monoisotopic (exact) mass is 195 g/mol. The predicted octanol–water partition coefficient (Wildman–Crippen LogP) is 3.34. The van der Waals surface area contributed by atoms with Crippen LogP contribution in [0.4, 0.5) is 0 Å². The van der Waals surface area contributed by atoms with Gasteiger partial charge in [0, 0.05) is 6.04 Å². The van der Waals surface area contributed by atoms with Gasteiger partial charge < -0.3 is 5.32 Å². The minimum Gasteiger partial charge on any atom is -0.314 e. The summed E-state index contributed by atoms with van der Waals surface area (Å²) in [4.78, 5) is 0. The van der Waals surface area contributed by atoms with Gasteiger partial charge in [0.2, 0.25) is 0 Å². The zero-order valence-corrected chi connectivity index (χ0v) is 9.81. The van der Waals surface area contributed by atoms with Crippen LogP contribution in [0, 0.1) is 11.3 Å². The maximum absolute atomic E-state index is 3.78. The maximum atomic E-state index is 3.78. The minimum absolute atomic E-state index is 0.603. The van der Waals surface area contributed by atoms with Crippen molar-refractivity contribution in [2.45, 2.75) is 64.8 Å². The lowest BCUT2D eigenvalue weighted by atomic mass is 9.82. The first-order valence-corrected chi connectivity index (χ1v) is 6.42. The summed E-state index contributed by atoms with van der Waals surface area (Å²) in [5.41, 5.74) is 0.603. The lowest BCUT2D eigenvalue weighted by Gasteiger charge is -2.28. The Labute approximate surface area is 88.7 Å². The van der Waals surface area contributed by atoms with Gasteiger partial charge in [-0.1, -0.05) is 33.1 Å². The van der Waals surface area contributed by atoms with E-state index >= 15 is 0 Å². The van der Waals surface area contributed by atoms with Gasteiger partial charge in [-0.15, -0.1) is 0 Å². The zero-order valence-electron chi connectivity index (χ0n) is 9.81. The summed E-state index contributed by atoms with van der Waals surface area (Å²) >= 11 is 0. The van der Waals surface area contributed by atoms with Crippen molar-refractivity contribution in [1.29, 1.82) is 0 Å². The Morgan fingerprint density at radius 3 is 2.36 bits per heavy atom. The van der Waals surface area contributed by atoms with Gasteiger partial charge in [-0.3, -0.25) is 0 Å². The standard InChI is InChI=1S/C13H25N/c1-13(2)9-5-6-11(13)10-14-12-7-3-4-8-12/h11-12,14H,3-10H2,1-2H3. The number of nitrogens with one attached hydrogen (secondary N) is 1. The van der Waals surface area contributed by atoms with Crippen LogP contribution in [0.15, 0.2) is 0 Å². The molecule has 1 N–H and O–H groups in total. The summed E-state index contributed by atoms with van der Waals surface area (Å²) in [6.45, 7) is 6.17. The van der Waals surface area contributed by atoms with E-state index in [1.165, 1.54) is 51.5 Å². The van der Waals surface area contributed by atoms with Gasteiger partial charge in [0.1, 0.15) is 0 Å². The van der Waals surface area contributed by atoms with Crippen LogP contribution in [0.1, 0.15) is 58.8 Å². The molecule has 2 aliphatic carbocycles. The van der Waals surface area contributed by atoms with Gasteiger partial charge in [-0.05, 0) is 43.6 Å². The first kappa shape index (κ1) is 10.5. The van der Waals surface area contributed by atoms with Gasteiger partial charge in [0.05, 0.1) is 0 Å². The molecule has 0 aromatic heterocycles. The second kappa shape index (κ2) is 4.22. The quantitative estimate of drug-likeness (QED) is 0.728. The second-order valence-electron chi connectivity index (χ2n) is 5.97. The Morgan fingerprint density at radius 1 is 1.07 bits per heavy atom. The first-order chi connectivity index (χ1) is 6.68. The summed E-state index contributed by atoms with van der Waals surface area (Å²) < 4.78 is 0. The molecule has 14 heavy (non-hydrogen) atoms. The number of rotatable bonds is 3. The molecule has 1 unspecified atom stereocenters. The van der Waals surface area contributed by atoms with Crippen molar-refractivity contribution in [3.05, 3.63) is 0 Å². The molecule has 1 atom stereocenters. The molecule has 0 amide bonds. The van der Waals surface area contributed by atoms with Gasteiger partial charge in [0.25, 0.3) is 0 Å². The van der Waals surface area contributed by atoms with Gasteiger partial charge in [-0.25, -0.2) is 0 Å². The molecule has 0 bridgehead atoms. The largest absolute Gasteiger partial charge is 0.314 e. The molecule has 0 saturated heterocycles. The van der Waals surface area contributed by atoms with Crippen molar-refractivity contribution >= 4 is 0 Å². The second-order valence-corrected chi connectivity index (χ2v) is 5.97. The van der Waals surface area contributed by atoms with Crippen LogP contribution in [-0.4, -0.2) is 12.6 Å². The van der Waals surface area contributed by atoms with Crippen molar-refractivity contribution in [2.24, 2.45) is 11.3 Å². The molecular formula is C13H25N. The van der Waals surface area contributed by atoms with Gasteiger partial charge in [-0.2, -0.15) is 0 Å².